The van der Waals surface area contributed by atoms with Gasteiger partial charge in [-0.2, -0.15) is 0 Å². The van der Waals surface area contributed by atoms with E-state index in [0.29, 0.717) is 12.4 Å². The second kappa shape index (κ2) is 9.73. The van der Waals surface area contributed by atoms with Crippen LogP contribution < -0.4 is 10.6 Å². The minimum Gasteiger partial charge on any atom is -0.443 e. The molecule has 2 aromatic rings. The molecule has 0 amide bonds. The molecule has 1 aliphatic heterocycles. The van der Waals surface area contributed by atoms with E-state index in [1.54, 1.807) is 24.6 Å². The van der Waals surface area contributed by atoms with E-state index in [9.17, 15) is 0 Å². The van der Waals surface area contributed by atoms with Gasteiger partial charge in [0.1, 0.15) is 5.76 Å². The Balaban J connectivity index is 1.58. The number of aromatic nitrogens is 1. The SMILES string of the molecule is CN=C(NCc1ncc(C(C)(C)C)o1)NCC(c1cccs1)N1CCOC(C)C1. The summed E-state index contributed by atoms with van der Waals surface area (Å²) in [6.07, 6.45) is 2.06. The predicted octanol–water partition coefficient (Wildman–Crippen LogP) is 3.16. The number of hydrogen-bond acceptors (Lipinski definition) is 6. The average Bonchev–Trinajstić information content (AvgIpc) is 3.36. The van der Waals surface area contributed by atoms with E-state index in [-0.39, 0.29) is 17.6 Å². The Morgan fingerprint density at radius 2 is 2.24 bits per heavy atom. The number of nitrogens with one attached hydrogen (secondary N) is 2. The normalized spacial score (nSPS) is 19.9. The highest BCUT2D eigenvalue weighted by atomic mass is 32.1. The lowest BCUT2D eigenvalue weighted by atomic mass is 9.94. The molecule has 1 fully saturated rings. The van der Waals surface area contributed by atoms with Gasteiger partial charge in [-0.3, -0.25) is 9.89 Å². The Labute approximate surface area is 177 Å². The highest BCUT2D eigenvalue weighted by Crippen LogP contribution is 2.26. The second-order valence-electron chi connectivity index (χ2n) is 8.38. The van der Waals surface area contributed by atoms with Gasteiger partial charge < -0.3 is 19.8 Å². The first kappa shape index (κ1) is 21.8. The molecule has 8 heteroatoms. The molecule has 0 bridgehead atoms. The summed E-state index contributed by atoms with van der Waals surface area (Å²) in [6, 6.07) is 4.60. The smallest absolute Gasteiger partial charge is 0.213 e. The van der Waals surface area contributed by atoms with Crippen LogP contribution in [-0.4, -0.2) is 55.2 Å². The van der Waals surface area contributed by atoms with Crippen molar-refractivity contribution >= 4 is 17.3 Å². The van der Waals surface area contributed by atoms with Crippen molar-refractivity contribution < 1.29 is 9.15 Å². The Bertz CT molecular complexity index is 781. The quantitative estimate of drug-likeness (QED) is 0.553. The van der Waals surface area contributed by atoms with Crippen molar-refractivity contribution in [3.8, 4) is 0 Å². The first-order valence-electron chi connectivity index (χ1n) is 10.2. The molecular weight excluding hydrogens is 386 g/mol. The molecule has 29 heavy (non-hydrogen) atoms. The van der Waals surface area contributed by atoms with Gasteiger partial charge in [0.25, 0.3) is 0 Å². The molecule has 160 valence electrons. The maximum absolute atomic E-state index is 5.86. The van der Waals surface area contributed by atoms with Crippen molar-refractivity contribution in [1.29, 1.82) is 0 Å². The Hall–Kier alpha value is -1.90. The number of rotatable bonds is 6. The van der Waals surface area contributed by atoms with E-state index in [1.165, 1.54) is 4.88 Å². The van der Waals surface area contributed by atoms with Gasteiger partial charge >= 0.3 is 0 Å². The van der Waals surface area contributed by atoms with Crippen molar-refractivity contribution in [2.24, 2.45) is 4.99 Å². The largest absolute Gasteiger partial charge is 0.443 e. The summed E-state index contributed by atoms with van der Waals surface area (Å²) in [5, 5.41) is 8.91. The van der Waals surface area contributed by atoms with Crippen molar-refractivity contribution in [3.05, 3.63) is 40.2 Å². The number of thiophene rings is 1. The summed E-state index contributed by atoms with van der Waals surface area (Å²) >= 11 is 1.79. The molecular formula is C21H33N5O2S. The third kappa shape index (κ3) is 6.04. The third-order valence-corrected chi connectivity index (χ3v) is 5.94. The number of nitrogens with zero attached hydrogens (tertiary/aromatic N) is 3. The molecule has 3 rings (SSSR count). The minimum absolute atomic E-state index is 0.0472. The first-order chi connectivity index (χ1) is 13.9. The second-order valence-corrected chi connectivity index (χ2v) is 9.36. The zero-order valence-electron chi connectivity index (χ0n) is 18.1. The van der Waals surface area contributed by atoms with Crippen LogP contribution in [0.25, 0.3) is 0 Å². The van der Waals surface area contributed by atoms with Gasteiger partial charge in [-0.1, -0.05) is 26.8 Å². The maximum atomic E-state index is 5.86. The summed E-state index contributed by atoms with van der Waals surface area (Å²) in [7, 11) is 1.78. The number of ether oxygens (including phenoxy) is 1. The van der Waals surface area contributed by atoms with Crippen molar-refractivity contribution in [2.75, 3.05) is 33.3 Å². The molecule has 2 N–H and O–H groups in total. The molecule has 2 aromatic heterocycles. The van der Waals surface area contributed by atoms with E-state index in [4.69, 9.17) is 9.15 Å². The van der Waals surface area contributed by atoms with Gasteiger partial charge in [-0.15, -0.1) is 11.3 Å². The molecule has 0 radical (unpaired) electrons. The van der Waals surface area contributed by atoms with Crippen LogP contribution in [0.3, 0.4) is 0 Å². The summed E-state index contributed by atoms with van der Waals surface area (Å²) in [4.78, 5) is 12.6. The number of oxazole rings is 1. The van der Waals surface area contributed by atoms with Crippen molar-refractivity contribution in [2.45, 2.75) is 51.8 Å². The summed E-state index contributed by atoms with van der Waals surface area (Å²) in [6.45, 7) is 12.4. The molecule has 7 nitrogen and oxygen atoms in total. The fourth-order valence-corrected chi connectivity index (χ4v) is 4.19. The molecule has 0 aliphatic carbocycles. The van der Waals surface area contributed by atoms with Gasteiger partial charge in [-0.25, -0.2) is 4.98 Å². The van der Waals surface area contributed by atoms with Crippen molar-refractivity contribution in [3.63, 3.8) is 0 Å². The van der Waals surface area contributed by atoms with Gasteiger partial charge in [-0.05, 0) is 18.4 Å². The third-order valence-electron chi connectivity index (χ3n) is 4.97. The summed E-state index contributed by atoms with van der Waals surface area (Å²) < 4.78 is 11.6. The van der Waals surface area contributed by atoms with Crippen LogP contribution in [0.15, 0.2) is 33.1 Å². The maximum Gasteiger partial charge on any atom is 0.213 e. The molecule has 0 aromatic carbocycles. The van der Waals surface area contributed by atoms with Crippen LogP contribution >= 0.6 is 11.3 Å². The van der Waals surface area contributed by atoms with Crippen LogP contribution in [0, 0.1) is 0 Å². The van der Waals surface area contributed by atoms with Crippen LogP contribution in [0.1, 0.15) is 50.3 Å². The number of guanidine groups is 1. The van der Waals surface area contributed by atoms with Crippen LogP contribution in [0.2, 0.25) is 0 Å². The fourth-order valence-electron chi connectivity index (χ4n) is 3.33. The Kier molecular flexibility index (Phi) is 7.32. The molecule has 1 saturated heterocycles. The van der Waals surface area contributed by atoms with E-state index < -0.39 is 0 Å². The lowest BCUT2D eigenvalue weighted by molar-refractivity contribution is -0.0334. The Morgan fingerprint density at radius 3 is 2.86 bits per heavy atom. The minimum atomic E-state index is -0.0472. The summed E-state index contributed by atoms with van der Waals surface area (Å²) in [5.74, 6) is 2.29. The molecule has 0 spiro atoms. The summed E-state index contributed by atoms with van der Waals surface area (Å²) in [5.41, 5.74) is -0.0472. The van der Waals surface area contributed by atoms with Crippen LogP contribution in [0.4, 0.5) is 0 Å². The van der Waals surface area contributed by atoms with Gasteiger partial charge in [0, 0.05) is 37.0 Å². The molecule has 2 unspecified atom stereocenters. The van der Waals surface area contributed by atoms with Crippen LogP contribution in [-0.2, 0) is 16.7 Å². The molecule has 2 atom stereocenters. The Morgan fingerprint density at radius 1 is 1.41 bits per heavy atom. The topological polar surface area (TPSA) is 74.9 Å². The highest BCUT2D eigenvalue weighted by molar-refractivity contribution is 7.10. The van der Waals surface area contributed by atoms with Gasteiger partial charge in [0.2, 0.25) is 5.89 Å². The lowest BCUT2D eigenvalue weighted by Crippen LogP contribution is -2.47. The number of morpholine rings is 1. The van der Waals surface area contributed by atoms with E-state index in [2.05, 4.69) is 70.7 Å². The number of aliphatic imine (C=N–C) groups is 1. The predicted molar refractivity (Wildman–Crippen MR) is 117 cm³/mol. The molecule has 0 saturated carbocycles. The number of hydrogen-bond donors (Lipinski definition) is 2. The van der Waals surface area contributed by atoms with E-state index in [1.807, 2.05) is 0 Å². The zero-order chi connectivity index (χ0) is 20.9. The van der Waals surface area contributed by atoms with Gasteiger partial charge in [0.15, 0.2) is 5.96 Å². The van der Waals surface area contributed by atoms with E-state index >= 15 is 0 Å². The van der Waals surface area contributed by atoms with E-state index in [0.717, 1.165) is 38.0 Å². The lowest BCUT2D eigenvalue weighted by Gasteiger charge is -2.37. The first-order valence-corrected chi connectivity index (χ1v) is 11.0. The zero-order valence-corrected chi connectivity index (χ0v) is 18.9. The highest BCUT2D eigenvalue weighted by Gasteiger charge is 2.26. The fraction of sp³-hybridized carbons (Fsp3) is 0.619. The van der Waals surface area contributed by atoms with Crippen LogP contribution in [0.5, 0.6) is 0 Å². The average molecular weight is 420 g/mol. The van der Waals surface area contributed by atoms with Crippen molar-refractivity contribution in [1.82, 2.24) is 20.5 Å². The molecule has 3 heterocycles. The molecule has 1 aliphatic rings. The monoisotopic (exact) mass is 419 g/mol. The standard InChI is InChI=1S/C21H33N5O2S/c1-15-14-26(8-9-27-15)16(17-7-6-10-29-17)11-24-20(22-5)25-13-19-23-12-18(28-19)21(2,3)4/h6-7,10,12,15-16H,8-9,11,13-14H2,1-5H3,(H2,22,24,25). The van der Waals surface area contributed by atoms with Gasteiger partial charge in [0.05, 0.1) is 31.5 Å².